The zero-order valence-corrected chi connectivity index (χ0v) is 14.5. The van der Waals surface area contributed by atoms with Gasteiger partial charge in [-0.05, 0) is 29.3 Å². The summed E-state index contributed by atoms with van der Waals surface area (Å²) >= 11 is 0. The van der Waals surface area contributed by atoms with E-state index in [1.807, 2.05) is 60.7 Å². The van der Waals surface area contributed by atoms with Gasteiger partial charge in [0.1, 0.15) is 24.5 Å². The van der Waals surface area contributed by atoms with E-state index in [4.69, 9.17) is 9.47 Å². The molecule has 0 aliphatic rings. The number of hydrogen-bond acceptors (Lipinski definition) is 4. The number of esters is 1. The standard InChI is InChI=1S/C22H18O5/c23-21(24)19-12-11-18(22(25)27-15-17-9-5-2-6-10-17)13-20(19)26-14-16-7-3-1-4-8-16/h1-13H,14-15H2,(H,23,24). The third-order valence-electron chi connectivity index (χ3n) is 3.90. The molecular formula is C22H18O5. The Balaban J connectivity index is 1.73. The molecule has 0 aliphatic heterocycles. The van der Waals surface area contributed by atoms with Crippen LogP contribution in [-0.4, -0.2) is 17.0 Å². The molecular weight excluding hydrogens is 344 g/mol. The molecule has 0 radical (unpaired) electrons. The molecule has 0 aromatic heterocycles. The first-order valence-electron chi connectivity index (χ1n) is 8.38. The molecule has 0 atom stereocenters. The normalized spacial score (nSPS) is 10.2. The molecule has 5 heteroatoms. The minimum atomic E-state index is -1.12. The number of aromatic carboxylic acids is 1. The zero-order chi connectivity index (χ0) is 19.1. The Bertz CT molecular complexity index is 920. The van der Waals surface area contributed by atoms with Crippen LogP contribution in [0.4, 0.5) is 0 Å². The van der Waals surface area contributed by atoms with Crippen LogP contribution in [0.15, 0.2) is 78.9 Å². The molecule has 0 bridgehead atoms. The van der Waals surface area contributed by atoms with E-state index in [1.54, 1.807) is 0 Å². The van der Waals surface area contributed by atoms with E-state index in [-0.39, 0.29) is 30.1 Å². The minimum Gasteiger partial charge on any atom is -0.488 e. The molecule has 0 heterocycles. The largest absolute Gasteiger partial charge is 0.488 e. The molecule has 0 amide bonds. The van der Waals surface area contributed by atoms with Crippen molar-refractivity contribution < 1.29 is 24.2 Å². The third-order valence-corrected chi connectivity index (χ3v) is 3.90. The van der Waals surface area contributed by atoms with Crippen LogP contribution in [-0.2, 0) is 18.0 Å². The zero-order valence-electron chi connectivity index (χ0n) is 14.5. The van der Waals surface area contributed by atoms with Crippen molar-refractivity contribution >= 4 is 11.9 Å². The minimum absolute atomic E-state index is 0.00876. The van der Waals surface area contributed by atoms with E-state index in [9.17, 15) is 14.7 Å². The van der Waals surface area contributed by atoms with Crippen molar-refractivity contribution in [3.8, 4) is 5.75 Å². The summed E-state index contributed by atoms with van der Waals surface area (Å²) in [5.74, 6) is -1.54. The Morgan fingerprint density at radius 2 is 1.37 bits per heavy atom. The van der Waals surface area contributed by atoms with Gasteiger partial charge < -0.3 is 14.6 Å². The summed E-state index contributed by atoms with van der Waals surface area (Å²) in [7, 11) is 0. The summed E-state index contributed by atoms with van der Waals surface area (Å²) in [6, 6.07) is 22.9. The number of carbonyl (C=O) groups is 2. The van der Waals surface area contributed by atoms with Crippen LogP contribution in [0.5, 0.6) is 5.75 Å². The van der Waals surface area contributed by atoms with Crippen LogP contribution < -0.4 is 4.74 Å². The highest BCUT2D eigenvalue weighted by molar-refractivity contribution is 5.95. The van der Waals surface area contributed by atoms with Crippen LogP contribution >= 0.6 is 0 Å². The number of carboxylic acid groups (broad SMARTS) is 1. The second kappa shape index (κ2) is 8.67. The van der Waals surface area contributed by atoms with E-state index in [0.717, 1.165) is 11.1 Å². The summed E-state index contributed by atoms with van der Waals surface area (Å²) in [4.78, 5) is 23.7. The molecule has 3 rings (SSSR count). The van der Waals surface area contributed by atoms with Crippen molar-refractivity contribution in [1.29, 1.82) is 0 Å². The number of carbonyl (C=O) groups excluding carboxylic acids is 1. The Morgan fingerprint density at radius 1 is 0.778 bits per heavy atom. The van der Waals surface area contributed by atoms with Crippen molar-refractivity contribution in [3.05, 3.63) is 101 Å². The number of carboxylic acids is 1. The molecule has 5 nitrogen and oxygen atoms in total. The van der Waals surface area contributed by atoms with Crippen molar-refractivity contribution in [2.75, 3.05) is 0 Å². The van der Waals surface area contributed by atoms with Gasteiger partial charge in [0.25, 0.3) is 0 Å². The monoisotopic (exact) mass is 362 g/mol. The van der Waals surface area contributed by atoms with Crippen LogP contribution in [0.25, 0.3) is 0 Å². The predicted octanol–water partition coefficient (Wildman–Crippen LogP) is 4.32. The third kappa shape index (κ3) is 4.95. The number of rotatable bonds is 7. The van der Waals surface area contributed by atoms with E-state index in [1.165, 1.54) is 18.2 Å². The second-order valence-electron chi connectivity index (χ2n) is 5.85. The summed E-state index contributed by atoms with van der Waals surface area (Å²) in [5, 5.41) is 9.35. The average molecular weight is 362 g/mol. The van der Waals surface area contributed by atoms with Gasteiger partial charge in [0, 0.05) is 0 Å². The lowest BCUT2D eigenvalue weighted by molar-refractivity contribution is 0.0471. The Labute approximate surface area is 156 Å². The fourth-order valence-electron chi connectivity index (χ4n) is 2.49. The molecule has 27 heavy (non-hydrogen) atoms. The lowest BCUT2D eigenvalue weighted by atomic mass is 10.1. The number of hydrogen-bond donors (Lipinski definition) is 1. The highest BCUT2D eigenvalue weighted by Gasteiger charge is 2.16. The first-order valence-corrected chi connectivity index (χ1v) is 8.38. The van der Waals surface area contributed by atoms with Crippen LogP contribution in [0.2, 0.25) is 0 Å². The van der Waals surface area contributed by atoms with Crippen LogP contribution in [0.3, 0.4) is 0 Å². The second-order valence-corrected chi connectivity index (χ2v) is 5.85. The Kier molecular flexibility index (Phi) is 5.84. The lowest BCUT2D eigenvalue weighted by Crippen LogP contribution is -2.08. The van der Waals surface area contributed by atoms with Gasteiger partial charge in [-0.25, -0.2) is 9.59 Å². The molecule has 0 saturated carbocycles. The molecule has 3 aromatic carbocycles. The molecule has 0 unspecified atom stereocenters. The number of ether oxygens (including phenoxy) is 2. The van der Waals surface area contributed by atoms with Crippen molar-refractivity contribution in [2.45, 2.75) is 13.2 Å². The van der Waals surface area contributed by atoms with Gasteiger partial charge in [-0.3, -0.25) is 0 Å². The summed E-state index contributed by atoms with van der Waals surface area (Å²) < 4.78 is 10.9. The predicted molar refractivity (Wildman–Crippen MR) is 99.7 cm³/mol. The van der Waals surface area contributed by atoms with E-state index < -0.39 is 11.9 Å². The molecule has 136 valence electrons. The number of benzene rings is 3. The van der Waals surface area contributed by atoms with Gasteiger partial charge in [-0.15, -0.1) is 0 Å². The van der Waals surface area contributed by atoms with E-state index in [0.29, 0.717) is 0 Å². The Hall–Kier alpha value is -3.60. The van der Waals surface area contributed by atoms with E-state index >= 15 is 0 Å². The highest BCUT2D eigenvalue weighted by atomic mass is 16.5. The fourth-order valence-corrected chi connectivity index (χ4v) is 2.49. The average Bonchev–Trinajstić information content (AvgIpc) is 2.71. The van der Waals surface area contributed by atoms with Crippen molar-refractivity contribution in [1.82, 2.24) is 0 Å². The summed E-state index contributed by atoms with van der Waals surface area (Å²) in [6.45, 7) is 0.337. The summed E-state index contributed by atoms with van der Waals surface area (Å²) in [6.07, 6.45) is 0. The topological polar surface area (TPSA) is 72.8 Å². The molecule has 1 N–H and O–H groups in total. The smallest absolute Gasteiger partial charge is 0.339 e. The van der Waals surface area contributed by atoms with Gasteiger partial charge in [-0.2, -0.15) is 0 Å². The van der Waals surface area contributed by atoms with Gasteiger partial charge >= 0.3 is 11.9 Å². The highest BCUT2D eigenvalue weighted by Crippen LogP contribution is 2.23. The quantitative estimate of drug-likeness (QED) is 0.634. The van der Waals surface area contributed by atoms with Gasteiger partial charge in [0.2, 0.25) is 0 Å². The molecule has 0 aliphatic carbocycles. The van der Waals surface area contributed by atoms with Crippen LogP contribution in [0.1, 0.15) is 31.8 Å². The molecule has 0 saturated heterocycles. The maximum Gasteiger partial charge on any atom is 0.339 e. The van der Waals surface area contributed by atoms with Crippen molar-refractivity contribution in [3.63, 3.8) is 0 Å². The lowest BCUT2D eigenvalue weighted by Gasteiger charge is -2.11. The first kappa shape index (κ1) is 18.2. The van der Waals surface area contributed by atoms with Crippen molar-refractivity contribution in [2.24, 2.45) is 0 Å². The summed E-state index contributed by atoms with van der Waals surface area (Å²) in [5.41, 5.74) is 1.99. The SMILES string of the molecule is O=C(OCc1ccccc1)c1ccc(C(=O)O)c(OCc2ccccc2)c1. The fraction of sp³-hybridized carbons (Fsp3) is 0.0909. The molecule has 3 aromatic rings. The molecule has 0 fully saturated rings. The Morgan fingerprint density at radius 3 is 1.96 bits per heavy atom. The van der Waals surface area contributed by atoms with Gasteiger partial charge in [-0.1, -0.05) is 60.7 Å². The van der Waals surface area contributed by atoms with Crippen LogP contribution in [0, 0.1) is 0 Å². The van der Waals surface area contributed by atoms with E-state index in [2.05, 4.69) is 0 Å². The van der Waals surface area contributed by atoms with Gasteiger partial charge in [0.05, 0.1) is 5.56 Å². The molecule has 0 spiro atoms. The maximum atomic E-state index is 12.3. The first-order chi connectivity index (χ1) is 13.1. The maximum absolute atomic E-state index is 12.3. The van der Waals surface area contributed by atoms with Gasteiger partial charge in [0.15, 0.2) is 0 Å².